The summed E-state index contributed by atoms with van der Waals surface area (Å²) < 4.78 is 0. The molecule has 1 saturated heterocycles. The average molecular weight is 442 g/mol. The number of carbonyl (C=O) groups is 2. The molecule has 3 aromatic rings. The van der Waals surface area contributed by atoms with Crippen molar-refractivity contribution in [1.82, 2.24) is 15.2 Å². The maximum absolute atomic E-state index is 13.4. The topological polar surface area (TPSA) is 62.3 Å². The largest absolute Gasteiger partial charge is 0.359 e. The highest BCUT2D eigenvalue weighted by molar-refractivity contribution is 5.87. The Bertz CT molecular complexity index is 1100. The molecule has 4 rings (SSSR count). The third kappa shape index (κ3) is 4.82. The van der Waals surface area contributed by atoms with Gasteiger partial charge >= 0.3 is 0 Å². The number of amides is 2. The summed E-state index contributed by atoms with van der Waals surface area (Å²) in [6.45, 7) is 3.05. The summed E-state index contributed by atoms with van der Waals surface area (Å²) in [6.07, 6.45) is 5.73. The van der Waals surface area contributed by atoms with Crippen molar-refractivity contribution in [2.75, 3.05) is 20.1 Å². The highest BCUT2D eigenvalue weighted by Crippen LogP contribution is 2.38. The highest BCUT2D eigenvalue weighted by Gasteiger charge is 2.44. The Labute approximate surface area is 195 Å². The van der Waals surface area contributed by atoms with Crippen molar-refractivity contribution < 1.29 is 9.59 Å². The van der Waals surface area contributed by atoms with Crippen molar-refractivity contribution in [3.05, 3.63) is 90.3 Å². The number of likely N-dealkylation sites (tertiary alicyclic amines) is 1. The van der Waals surface area contributed by atoms with Crippen molar-refractivity contribution in [3.8, 4) is 11.1 Å². The van der Waals surface area contributed by atoms with Crippen LogP contribution < -0.4 is 5.32 Å². The molecule has 33 heavy (non-hydrogen) atoms. The van der Waals surface area contributed by atoms with Crippen LogP contribution in [0.15, 0.2) is 79.1 Å². The van der Waals surface area contributed by atoms with Crippen LogP contribution in [0, 0.1) is 5.41 Å². The molecule has 5 heteroatoms. The van der Waals surface area contributed by atoms with E-state index in [-0.39, 0.29) is 17.7 Å². The van der Waals surface area contributed by atoms with Crippen LogP contribution in [0.4, 0.5) is 0 Å². The Morgan fingerprint density at radius 2 is 1.82 bits per heavy atom. The van der Waals surface area contributed by atoms with Gasteiger partial charge in [0.2, 0.25) is 11.8 Å². The van der Waals surface area contributed by atoms with Gasteiger partial charge in [0.25, 0.3) is 0 Å². The minimum absolute atomic E-state index is 0.00615. The first-order valence-electron chi connectivity index (χ1n) is 11.6. The molecule has 2 amide bonds. The second-order valence-corrected chi connectivity index (χ2v) is 8.93. The molecule has 1 fully saturated rings. The summed E-state index contributed by atoms with van der Waals surface area (Å²) in [7, 11) is 1.68. The minimum atomic E-state index is -0.669. The number of hydrogen-bond acceptors (Lipinski definition) is 3. The van der Waals surface area contributed by atoms with Gasteiger partial charge in [0.05, 0.1) is 11.3 Å². The molecule has 0 radical (unpaired) electrons. The molecule has 0 unspecified atom stereocenters. The van der Waals surface area contributed by atoms with E-state index in [1.165, 1.54) is 0 Å². The lowest BCUT2D eigenvalue weighted by molar-refractivity contribution is -0.142. The predicted molar refractivity (Wildman–Crippen MR) is 131 cm³/mol. The van der Waals surface area contributed by atoms with Gasteiger partial charge in [-0.3, -0.25) is 14.6 Å². The van der Waals surface area contributed by atoms with E-state index in [9.17, 15) is 9.59 Å². The molecule has 2 aromatic carbocycles. The maximum Gasteiger partial charge on any atom is 0.229 e. The van der Waals surface area contributed by atoms with Crippen LogP contribution in [0.1, 0.15) is 36.8 Å². The van der Waals surface area contributed by atoms with Gasteiger partial charge in [0.15, 0.2) is 0 Å². The fourth-order valence-electron chi connectivity index (χ4n) is 5.00. The first-order chi connectivity index (χ1) is 16.0. The molecular weight excluding hydrogens is 410 g/mol. The van der Waals surface area contributed by atoms with E-state index in [0.717, 1.165) is 35.1 Å². The van der Waals surface area contributed by atoms with Crippen LogP contribution in [-0.4, -0.2) is 41.8 Å². The van der Waals surface area contributed by atoms with Crippen molar-refractivity contribution in [2.24, 2.45) is 5.41 Å². The normalized spacial score (nSPS) is 19.0. The monoisotopic (exact) mass is 441 g/mol. The number of pyridine rings is 1. The lowest BCUT2D eigenvalue weighted by atomic mass is 9.73. The average Bonchev–Trinajstić information content (AvgIpc) is 2.88. The van der Waals surface area contributed by atoms with E-state index in [1.54, 1.807) is 13.2 Å². The third-order valence-electron chi connectivity index (χ3n) is 6.79. The first kappa shape index (κ1) is 22.7. The van der Waals surface area contributed by atoms with E-state index in [1.807, 2.05) is 72.6 Å². The number of carbonyl (C=O) groups excluding carboxylic acids is 2. The molecule has 5 nitrogen and oxygen atoms in total. The van der Waals surface area contributed by atoms with Crippen LogP contribution >= 0.6 is 0 Å². The predicted octanol–water partition coefficient (Wildman–Crippen LogP) is 4.45. The quantitative estimate of drug-likeness (QED) is 0.615. The van der Waals surface area contributed by atoms with E-state index in [2.05, 4.69) is 22.4 Å². The smallest absolute Gasteiger partial charge is 0.229 e. The SMILES string of the molecule is CNC(=O)[C@@]1(Cc2ccccc2-c2cccnc2)CCCN(C(=O)[C@@H](C)c2ccccc2)C1. The molecule has 0 spiro atoms. The molecule has 0 saturated carbocycles. The number of hydrogen-bond donors (Lipinski definition) is 1. The van der Waals surface area contributed by atoms with Gasteiger partial charge in [-0.1, -0.05) is 60.7 Å². The Kier molecular flexibility index (Phi) is 6.87. The van der Waals surface area contributed by atoms with E-state index in [0.29, 0.717) is 19.5 Å². The Morgan fingerprint density at radius 3 is 2.55 bits per heavy atom. The summed E-state index contributed by atoms with van der Waals surface area (Å²) in [5.41, 5.74) is 3.54. The fraction of sp³-hybridized carbons (Fsp3) is 0.321. The van der Waals surface area contributed by atoms with E-state index < -0.39 is 5.41 Å². The summed E-state index contributed by atoms with van der Waals surface area (Å²) >= 11 is 0. The van der Waals surface area contributed by atoms with Gasteiger partial charge in [-0.25, -0.2) is 0 Å². The van der Waals surface area contributed by atoms with Gasteiger partial charge in [-0.05, 0) is 48.9 Å². The molecule has 170 valence electrons. The van der Waals surface area contributed by atoms with Gasteiger partial charge in [0.1, 0.15) is 0 Å². The molecule has 2 heterocycles. The van der Waals surface area contributed by atoms with Crippen molar-refractivity contribution in [1.29, 1.82) is 0 Å². The van der Waals surface area contributed by atoms with Gasteiger partial charge in [-0.15, -0.1) is 0 Å². The van der Waals surface area contributed by atoms with Crippen LogP contribution in [0.3, 0.4) is 0 Å². The van der Waals surface area contributed by atoms with Crippen LogP contribution in [0.25, 0.3) is 11.1 Å². The minimum Gasteiger partial charge on any atom is -0.359 e. The Hall–Kier alpha value is -3.47. The second kappa shape index (κ2) is 9.99. The molecule has 1 N–H and O–H groups in total. The van der Waals surface area contributed by atoms with Gasteiger partial charge in [-0.2, -0.15) is 0 Å². The second-order valence-electron chi connectivity index (χ2n) is 8.93. The molecule has 0 bridgehead atoms. The summed E-state index contributed by atoms with van der Waals surface area (Å²) in [5.74, 6) is -0.169. The lowest BCUT2D eigenvalue weighted by Crippen LogP contribution is -2.54. The molecular formula is C28H31N3O2. The van der Waals surface area contributed by atoms with Crippen molar-refractivity contribution in [3.63, 3.8) is 0 Å². The number of benzene rings is 2. The highest BCUT2D eigenvalue weighted by atomic mass is 16.2. The molecule has 1 aliphatic rings. The van der Waals surface area contributed by atoms with Gasteiger partial charge < -0.3 is 10.2 Å². The first-order valence-corrected chi connectivity index (χ1v) is 11.6. The van der Waals surface area contributed by atoms with Gasteiger partial charge in [0, 0.05) is 38.1 Å². The maximum atomic E-state index is 13.4. The summed E-state index contributed by atoms with van der Waals surface area (Å²) in [6, 6.07) is 22.0. The molecule has 0 aliphatic carbocycles. The zero-order valence-electron chi connectivity index (χ0n) is 19.3. The van der Waals surface area contributed by atoms with Crippen LogP contribution in [0.2, 0.25) is 0 Å². The van der Waals surface area contributed by atoms with Crippen LogP contribution in [0.5, 0.6) is 0 Å². The standard InChI is InChI=1S/C28H31N3O2/c1-21(22-10-4-3-5-11-22)26(32)31-17-9-15-28(20-31,27(33)29-2)18-23-12-6-7-14-25(23)24-13-8-16-30-19-24/h3-8,10-14,16,19,21H,9,15,17-18,20H2,1-2H3,(H,29,33)/t21-,28+/m0/s1. The third-order valence-corrected chi connectivity index (χ3v) is 6.79. The van der Waals surface area contributed by atoms with Crippen molar-refractivity contribution in [2.45, 2.75) is 32.1 Å². The van der Waals surface area contributed by atoms with E-state index in [4.69, 9.17) is 0 Å². The summed E-state index contributed by atoms with van der Waals surface area (Å²) in [4.78, 5) is 32.9. The summed E-state index contributed by atoms with van der Waals surface area (Å²) in [5, 5.41) is 2.89. The zero-order chi connectivity index (χ0) is 23.3. The Balaban J connectivity index is 1.64. The Morgan fingerprint density at radius 1 is 1.06 bits per heavy atom. The van der Waals surface area contributed by atoms with E-state index >= 15 is 0 Å². The molecule has 1 aliphatic heterocycles. The molecule has 2 atom stereocenters. The fourth-order valence-corrected chi connectivity index (χ4v) is 5.00. The lowest BCUT2D eigenvalue weighted by Gasteiger charge is -2.42. The molecule has 1 aromatic heterocycles. The zero-order valence-corrected chi connectivity index (χ0v) is 19.3. The van der Waals surface area contributed by atoms with Crippen molar-refractivity contribution >= 4 is 11.8 Å². The number of nitrogens with one attached hydrogen (secondary N) is 1. The number of rotatable bonds is 6. The number of aromatic nitrogens is 1. The number of nitrogens with zero attached hydrogens (tertiary/aromatic N) is 2. The van der Waals surface area contributed by atoms with Crippen LogP contribution in [-0.2, 0) is 16.0 Å². The number of piperidine rings is 1.